The molecule has 3 nitrogen and oxygen atoms in total. The van der Waals surface area contributed by atoms with Crippen LogP contribution in [0.15, 0.2) is 48.7 Å². The van der Waals surface area contributed by atoms with E-state index in [1.807, 2.05) is 23.0 Å². The first kappa shape index (κ1) is 10.8. The van der Waals surface area contributed by atoms with Crippen molar-refractivity contribution < 1.29 is 0 Å². The van der Waals surface area contributed by atoms with Crippen molar-refractivity contribution in [1.82, 2.24) is 9.78 Å². The molecule has 0 aliphatic heterocycles. The molecule has 2 N–H and O–H groups in total. The lowest BCUT2D eigenvalue weighted by molar-refractivity contribution is 0.662. The van der Waals surface area contributed by atoms with Crippen LogP contribution in [0.5, 0.6) is 0 Å². The smallest absolute Gasteiger partial charge is 0.115 e. The van der Waals surface area contributed by atoms with Crippen molar-refractivity contribution in [3.05, 3.63) is 48.7 Å². The second-order valence-electron chi connectivity index (χ2n) is 4.35. The lowest BCUT2D eigenvalue weighted by Crippen LogP contribution is -1.93. The van der Waals surface area contributed by atoms with Gasteiger partial charge in [0.15, 0.2) is 0 Å². The van der Waals surface area contributed by atoms with E-state index in [4.69, 9.17) is 5.73 Å². The van der Waals surface area contributed by atoms with Crippen molar-refractivity contribution in [1.29, 1.82) is 0 Å². The normalized spacial score (nSPS) is 10.9. The maximum atomic E-state index is 6.01. The summed E-state index contributed by atoms with van der Waals surface area (Å²) in [5, 5.41) is 6.94. The molecule has 3 heteroatoms. The molecule has 0 amide bonds. The van der Waals surface area contributed by atoms with Gasteiger partial charge in [-0.25, -0.2) is 0 Å². The summed E-state index contributed by atoms with van der Waals surface area (Å²) in [6.45, 7) is 2.88. The van der Waals surface area contributed by atoms with E-state index in [0.29, 0.717) is 0 Å². The van der Waals surface area contributed by atoms with Crippen LogP contribution in [-0.2, 0) is 6.54 Å². The molecule has 0 fully saturated rings. The molecule has 0 bridgehead atoms. The van der Waals surface area contributed by atoms with Crippen LogP contribution in [0.1, 0.15) is 6.92 Å². The Balaban J connectivity index is 2.15. The first-order valence-corrected chi connectivity index (χ1v) is 6.10. The summed E-state index contributed by atoms with van der Waals surface area (Å²) >= 11 is 0. The van der Waals surface area contributed by atoms with Crippen LogP contribution < -0.4 is 5.73 Å². The van der Waals surface area contributed by atoms with E-state index in [1.165, 1.54) is 10.8 Å². The van der Waals surface area contributed by atoms with Gasteiger partial charge in [-0.3, -0.25) is 4.68 Å². The third-order valence-corrected chi connectivity index (χ3v) is 3.14. The molecular weight excluding hydrogens is 222 g/mol. The minimum absolute atomic E-state index is 0.729. The van der Waals surface area contributed by atoms with Crippen LogP contribution >= 0.6 is 0 Å². The molecule has 0 radical (unpaired) electrons. The number of hydrogen-bond acceptors (Lipinski definition) is 2. The van der Waals surface area contributed by atoms with E-state index in [-0.39, 0.29) is 0 Å². The van der Waals surface area contributed by atoms with Crippen molar-refractivity contribution in [2.45, 2.75) is 13.5 Å². The molecule has 0 aliphatic rings. The Labute approximate surface area is 106 Å². The summed E-state index contributed by atoms with van der Waals surface area (Å²) in [5.74, 6) is 0. The highest BCUT2D eigenvalue weighted by atomic mass is 15.3. The van der Waals surface area contributed by atoms with Gasteiger partial charge in [0.2, 0.25) is 0 Å². The van der Waals surface area contributed by atoms with E-state index < -0.39 is 0 Å². The van der Waals surface area contributed by atoms with Gasteiger partial charge in [-0.15, -0.1) is 0 Å². The van der Waals surface area contributed by atoms with E-state index in [1.54, 1.807) is 0 Å². The molecule has 2 aromatic carbocycles. The number of benzene rings is 2. The third-order valence-electron chi connectivity index (χ3n) is 3.14. The third kappa shape index (κ3) is 1.74. The van der Waals surface area contributed by atoms with Gasteiger partial charge < -0.3 is 5.73 Å². The topological polar surface area (TPSA) is 43.8 Å². The first-order valence-electron chi connectivity index (χ1n) is 6.10. The molecular formula is C15H15N3. The van der Waals surface area contributed by atoms with Crippen molar-refractivity contribution >= 4 is 16.5 Å². The summed E-state index contributed by atoms with van der Waals surface area (Å²) < 4.78 is 1.86. The molecule has 90 valence electrons. The second kappa shape index (κ2) is 4.18. The van der Waals surface area contributed by atoms with Crippen LogP contribution in [-0.4, -0.2) is 9.78 Å². The predicted molar refractivity (Wildman–Crippen MR) is 75.3 cm³/mol. The van der Waals surface area contributed by atoms with E-state index in [9.17, 15) is 0 Å². The molecule has 18 heavy (non-hydrogen) atoms. The number of nitrogens with two attached hydrogens (primary N) is 1. The van der Waals surface area contributed by atoms with Crippen molar-refractivity contribution in [2.75, 3.05) is 5.73 Å². The lowest BCUT2D eigenvalue weighted by atomic mass is 10.0. The minimum atomic E-state index is 0.729. The molecule has 0 saturated carbocycles. The van der Waals surface area contributed by atoms with Crippen LogP contribution in [0.25, 0.3) is 22.0 Å². The van der Waals surface area contributed by atoms with E-state index in [0.717, 1.165) is 23.5 Å². The van der Waals surface area contributed by atoms with Crippen molar-refractivity contribution in [3.63, 3.8) is 0 Å². The maximum Gasteiger partial charge on any atom is 0.115 e. The standard InChI is InChI=1S/C15H15N3/c1-2-18-10-14(16)15(17-18)13-8-7-11-5-3-4-6-12(11)9-13/h3-10H,2,16H2,1H3. The zero-order chi connectivity index (χ0) is 12.5. The van der Waals surface area contributed by atoms with Gasteiger partial charge in [0.05, 0.1) is 5.69 Å². The highest BCUT2D eigenvalue weighted by Gasteiger charge is 2.08. The van der Waals surface area contributed by atoms with Gasteiger partial charge in [-0.05, 0) is 23.8 Å². The molecule has 0 aliphatic carbocycles. The SMILES string of the molecule is CCn1cc(N)c(-c2ccc3ccccc3c2)n1. The number of aryl methyl sites for hydroxylation is 1. The fourth-order valence-electron chi connectivity index (χ4n) is 2.16. The van der Waals surface area contributed by atoms with Crippen LogP contribution in [0, 0.1) is 0 Å². The Morgan fingerprint density at radius 3 is 2.61 bits per heavy atom. The maximum absolute atomic E-state index is 6.01. The number of nitrogens with zero attached hydrogens (tertiary/aromatic N) is 2. The monoisotopic (exact) mass is 237 g/mol. The second-order valence-corrected chi connectivity index (χ2v) is 4.35. The fourth-order valence-corrected chi connectivity index (χ4v) is 2.16. The zero-order valence-corrected chi connectivity index (χ0v) is 10.3. The molecule has 0 spiro atoms. The van der Waals surface area contributed by atoms with Gasteiger partial charge in [0.1, 0.15) is 5.69 Å². The number of anilines is 1. The largest absolute Gasteiger partial charge is 0.396 e. The van der Waals surface area contributed by atoms with Gasteiger partial charge in [0, 0.05) is 18.3 Å². The Bertz CT molecular complexity index is 698. The van der Waals surface area contributed by atoms with Gasteiger partial charge in [-0.2, -0.15) is 5.10 Å². The quantitative estimate of drug-likeness (QED) is 0.743. The van der Waals surface area contributed by atoms with Crippen molar-refractivity contribution in [3.8, 4) is 11.3 Å². The van der Waals surface area contributed by atoms with Gasteiger partial charge in [0.25, 0.3) is 0 Å². The fraction of sp³-hybridized carbons (Fsp3) is 0.133. The average Bonchev–Trinajstić information content (AvgIpc) is 2.79. The molecule has 0 saturated heterocycles. The summed E-state index contributed by atoms with van der Waals surface area (Å²) in [6.07, 6.45) is 1.88. The van der Waals surface area contributed by atoms with Gasteiger partial charge in [-0.1, -0.05) is 36.4 Å². The first-order chi connectivity index (χ1) is 8.78. The number of aromatic nitrogens is 2. The zero-order valence-electron chi connectivity index (χ0n) is 10.3. The average molecular weight is 237 g/mol. The Kier molecular flexibility index (Phi) is 2.52. The molecule has 0 atom stereocenters. The Morgan fingerprint density at radius 2 is 1.89 bits per heavy atom. The van der Waals surface area contributed by atoms with Crippen LogP contribution in [0.2, 0.25) is 0 Å². The van der Waals surface area contributed by atoms with E-state index >= 15 is 0 Å². The van der Waals surface area contributed by atoms with Crippen LogP contribution in [0.3, 0.4) is 0 Å². The number of fused-ring (bicyclic) bond motifs is 1. The number of hydrogen-bond donors (Lipinski definition) is 1. The van der Waals surface area contributed by atoms with Crippen LogP contribution in [0.4, 0.5) is 5.69 Å². The lowest BCUT2D eigenvalue weighted by Gasteiger charge is -2.02. The Hall–Kier alpha value is -2.29. The minimum Gasteiger partial charge on any atom is -0.396 e. The predicted octanol–water partition coefficient (Wildman–Crippen LogP) is 3.31. The summed E-state index contributed by atoms with van der Waals surface area (Å²) in [4.78, 5) is 0. The van der Waals surface area contributed by atoms with Crippen molar-refractivity contribution in [2.24, 2.45) is 0 Å². The number of rotatable bonds is 2. The molecule has 1 heterocycles. The molecule has 0 unspecified atom stereocenters. The Morgan fingerprint density at radius 1 is 1.11 bits per heavy atom. The molecule has 3 rings (SSSR count). The number of nitrogen functional groups attached to an aromatic ring is 1. The molecule has 3 aromatic rings. The summed E-state index contributed by atoms with van der Waals surface area (Å²) in [5.41, 5.74) is 8.67. The summed E-state index contributed by atoms with van der Waals surface area (Å²) in [7, 11) is 0. The summed E-state index contributed by atoms with van der Waals surface area (Å²) in [6, 6.07) is 14.6. The highest BCUT2D eigenvalue weighted by molar-refractivity contribution is 5.88. The highest BCUT2D eigenvalue weighted by Crippen LogP contribution is 2.27. The van der Waals surface area contributed by atoms with E-state index in [2.05, 4.69) is 42.4 Å². The molecule has 1 aromatic heterocycles. The van der Waals surface area contributed by atoms with Gasteiger partial charge >= 0.3 is 0 Å².